The van der Waals surface area contributed by atoms with Crippen LogP contribution in [-0.2, 0) is 14.2 Å². The Labute approximate surface area is 94.5 Å². The molecule has 0 radical (unpaired) electrons. The van der Waals surface area contributed by atoms with Gasteiger partial charge in [-0.25, -0.2) is 14.4 Å². The first kappa shape index (κ1) is 23.8. The van der Waals surface area contributed by atoms with E-state index in [1.807, 2.05) is 0 Å². The van der Waals surface area contributed by atoms with Crippen LogP contribution in [-0.4, -0.2) is 55.1 Å². The van der Waals surface area contributed by atoms with Crippen molar-refractivity contribution in [2.45, 2.75) is 0 Å². The largest absolute Gasteiger partial charge is 0.505 e. The van der Waals surface area contributed by atoms with Gasteiger partial charge in [-0.3, -0.25) is 0 Å². The molecule has 10 heteroatoms. The third kappa shape index (κ3) is 86.0. The molecule has 0 aromatic heterocycles. The van der Waals surface area contributed by atoms with Crippen LogP contribution in [0.15, 0.2) is 0 Å². The van der Waals surface area contributed by atoms with Gasteiger partial charge in [0.25, 0.3) is 0 Å². The fraction of sp³-hybridized carbons (Fsp3) is 0.500. The molecular weight excluding hydrogens is 247 g/mol. The summed E-state index contributed by atoms with van der Waals surface area (Å²) in [6.07, 6.45) is -3.74. The third-order valence-corrected chi connectivity index (χ3v) is 0.524. The van der Waals surface area contributed by atoms with Crippen molar-refractivity contribution in [3.8, 4) is 0 Å². The minimum absolute atomic E-state index is 0. The van der Waals surface area contributed by atoms with Crippen molar-refractivity contribution in [3.05, 3.63) is 0 Å². The monoisotopic (exact) mass is 262 g/mol. The maximum atomic E-state index is 9.15. The quantitative estimate of drug-likeness (QED) is 0.331. The van der Waals surface area contributed by atoms with Gasteiger partial charge < -0.3 is 29.5 Å². The Bertz CT molecular complexity index is 159. The lowest BCUT2D eigenvalue weighted by Crippen LogP contribution is -1.91. The average molecular weight is 262 g/mol. The predicted octanol–water partition coefficient (Wildman–Crippen LogP) is 0.990. The van der Waals surface area contributed by atoms with Gasteiger partial charge in [-0.1, -0.05) is 0 Å². The lowest BCUT2D eigenvalue weighted by atomic mass is 11.4. The zero-order chi connectivity index (χ0) is 12.9. The summed E-state index contributed by atoms with van der Waals surface area (Å²) >= 11 is 0. The SMILES string of the molecule is COC(=O)O.COC(=O)O.COC(=O)O.P. The molecule has 0 saturated heterocycles. The Morgan fingerprint density at radius 2 is 0.750 bits per heavy atom. The minimum Gasteiger partial charge on any atom is -0.450 e. The van der Waals surface area contributed by atoms with Gasteiger partial charge in [-0.2, -0.15) is 9.90 Å². The molecule has 9 nitrogen and oxygen atoms in total. The highest BCUT2D eigenvalue weighted by Gasteiger charge is 1.81. The summed E-state index contributed by atoms with van der Waals surface area (Å²) in [6, 6.07) is 0. The van der Waals surface area contributed by atoms with Crippen LogP contribution in [0.25, 0.3) is 0 Å². The van der Waals surface area contributed by atoms with Gasteiger partial charge >= 0.3 is 18.5 Å². The summed E-state index contributed by atoms with van der Waals surface area (Å²) < 4.78 is 11.0. The van der Waals surface area contributed by atoms with Crippen LogP contribution in [0.1, 0.15) is 0 Å². The number of carbonyl (C=O) groups is 3. The number of carboxylic acid groups (broad SMARTS) is 3. The zero-order valence-electron chi connectivity index (χ0n) is 9.00. The van der Waals surface area contributed by atoms with E-state index in [1.54, 1.807) is 0 Å². The molecule has 0 aromatic carbocycles. The van der Waals surface area contributed by atoms with Crippen LogP contribution >= 0.6 is 9.90 Å². The minimum atomic E-state index is -1.25. The molecule has 0 aliphatic heterocycles. The fourth-order valence-corrected chi connectivity index (χ4v) is 0. The molecule has 1 atom stereocenters. The maximum Gasteiger partial charge on any atom is 0.505 e. The predicted molar refractivity (Wildman–Crippen MR) is 56.2 cm³/mol. The third-order valence-electron chi connectivity index (χ3n) is 0.524. The summed E-state index contributed by atoms with van der Waals surface area (Å²) in [5.41, 5.74) is 0. The van der Waals surface area contributed by atoms with E-state index in [0.717, 1.165) is 21.3 Å². The molecular formula is C6H15O9P. The van der Waals surface area contributed by atoms with Crippen LogP contribution < -0.4 is 0 Å². The first-order valence-electron chi connectivity index (χ1n) is 3.12. The van der Waals surface area contributed by atoms with Gasteiger partial charge in [-0.15, -0.1) is 0 Å². The van der Waals surface area contributed by atoms with Crippen LogP contribution in [0.4, 0.5) is 14.4 Å². The van der Waals surface area contributed by atoms with Gasteiger partial charge in [0.2, 0.25) is 0 Å². The molecule has 0 rings (SSSR count). The number of ether oxygens (including phenoxy) is 3. The number of rotatable bonds is 0. The second kappa shape index (κ2) is 18.9. The highest BCUT2D eigenvalue weighted by molar-refractivity contribution is 6.92. The molecule has 98 valence electrons. The van der Waals surface area contributed by atoms with E-state index in [9.17, 15) is 0 Å². The van der Waals surface area contributed by atoms with Gasteiger partial charge in [-0.05, 0) is 0 Å². The highest BCUT2D eigenvalue weighted by atomic mass is 31.0. The molecule has 0 aliphatic carbocycles. The maximum absolute atomic E-state index is 9.15. The Kier molecular flexibility index (Phi) is 28.1. The van der Waals surface area contributed by atoms with E-state index < -0.39 is 18.5 Å². The van der Waals surface area contributed by atoms with E-state index in [4.69, 9.17) is 29.7 Å². The smallest absolute Gasteiger partial charge is 0.450 e. The molecule has 0 saturated carbocycles. The molecule has 1 unspecified atom stereocenters. The molecule has 3 N–H and O–H groups in total. The summed E-state index contributed by atoms with van der Waals surface area (Å²) in [6.45, 7) is 0. The summed E-state index contributed by atoms with van der Waals surface area (Å²) in [5.74, 6) is 0. The standard InChI is InChI=1S/3C2H4O3.H3P/c3*1-5-2(3)4;/h3*1H3,(H,3,4);1H3. The van der Waals surface area contributed by atoms with Crippen LogP contribution in [0, 0.1) is 0 Å². The molecule has 0 aliphatic rings. The van der Waals surface area contributed by atoms with Gasteiger partial charge in [0.05, 0.1) is 21.3 Å². The molecule has 0 amide bonds. The van der Waals surface area contributed by atoms with Crippen LogP contribution in [0.2, 0.25) is 0 Å². The average Bonchev–Trinajstić information content (AvgIpc) is 2.19. The van der Waals surface area contributed by atoms with E-state index in [1.165, 1.54) is 0 Å². The summed E-state index contributed by atoms with van der Waals surface area (Å²) in [4.78, 5) is 27.4. The van der Waals surface area contributed by atoms with Crippen molar-refractivity contribution in [3.63, 3.8) is 0 Å². The van der Waals surface area contributed by atoms with Crippen molar-refractivity contribution in [2.24, 2.45) is 0 Å². The second-order valence-electron chi connectivity index (χ2n) is 1.41. The highest BCUT2D eigenvalue weighted by Crippen LogP contribution is 1.61. The van der Waals surface area contributed by atoms with E-state index in [-0.39, 0.29) is 9.90 Å². The van der Waals surface area contributed by atoms with Gasteiger partial charge in [0.1, 0.15) is 0 Å². The van der Waals surface area contributed by atoms with Crippen molar-refractivity contribution in [1.82, 2.24) is 0 Å². The second-order valence-corrected chi connectivity index (χ2v) is 1.41. The molecule has 0 aromatic rings. The number of methoxy groups -OCH3 is 3. The van der Waals surface area contributed by atoms with Gasteiger partial charge in [0.15, 0.2) is 0 Å². The van der Waals surface area contributed by atoms with E-state index in [2.05, 4.69) is 14.2 Å². The Hall–Kier alpha value is -1.76. The van der Waals surface area contributed by atoms with Gasteiger partial charge in [0, 0.05) is 0 Å². The molecule has 16 heavy (non-hydrogen) atoms. The topological polar surface area (TPSA) is 140 Å². The lowest BCUT2D eigenvalue weighted by Gasteiger charge is -1.79. The van der Waals surface area contributed by atoms with Crippen LogP contribution in [0.5, 0.6) is 0 Å². The number of hydrogen-bond donors (Lipinski definition) is 3. The van der Waals surface area contributed by atoms with Crippen molar-refractivity contribution in [1.29, 1.82) is 0 Å². The Morgan fingerprint density at radius 3 is 0.750 bits per heavy atom. The molecule has 0 fully saturated rings. The molecule has 0 bridgehead atoms. The Balaban J connectivity index is -0.0000000655. The number of hydrogen-bond acceptors (Lipinski definition) is 6. The summed E-state index contributed by atoms with van der Waals surface area (Å²) in [5, 5.41) is 22.5. The van der Waals surface area contributed by atoms with E-state index >= 15 is 0 Å². The van der Waals surface area contributed by atoms with Crippen molar-refractivity contribution >= 4 is 28.4 Å². The first-order chi connectivity index (χ1) is 6.81. The fourth-order valence-electron chi connectivity index (χ4n) is 0. The van der Waals surface area contributed by atoms with Crippen molar-refractivity contribution < 1.29 is 43.9 Å². The lowest BCUT2D eigenvalue weighted by molar-refractivity contribution is 0.112. The van der Waals surface area contributed by atoms with Crippen LogP contribution in [0.3, 0.4) is 0 Å². The van der Waals surface area contributed by atoms with E-state index in [0.29, 0.717) is 0 Å². The molecule has 0 spiro atoms. The summed E-state index contributed by atoms with van der Waals surface area (Å²) in [7, 11) is 3.30. The zero-order valence-corrected chi connectivity index (χ0v) is 10.4. The normalized spacial score (nSPS) is 6.19. The first-order valence-corrected chi connectivity index (χ1v) is 3.12. The van der Waals surface area contributed by atoms with Crippen molar-refractivity contribution in [2.75, 3.05) is 21.3 Å². The Morgan fingerprint density at radius 1 is 0.688 bits per heavy atom. The molecule has 0 heterocycles.